The number of carboxylic acid groups (broad SMARTS) is 1. The predicted octanol–water partition coefficient (Wildman–Crippen LogP) is 2.30. The summed E-state index contributed by atoms with van der Waals surface area (Å²) in [6.45, 7) is 0. The minimum absolute atomic E-state index is 0.197. The van der Waals surface area contributed by atoms with Gasteiger partial charge < -0.3 is 5.11 Å². The molecule has 0 aromatic heterocycles. The van der Waals surface area contributed by atoms with Crippen molar-refractivity contribution in [1.82, 2.24) is 5.32 Å². The van der Waals surface area contributed by atoms with Gasteiger partial charge in [0.1, 0.15) is 0 Å². The molecule has 2 N–H and O–H groups in total. The zero-order valence-corrected chi connectivity index (χ0v) is 11.9. The van der Waals surface area contributed by atoms with E-state index < -0.39 is 5.97 Å². The molecular weight excluding hydrogens is 282 g/mol. The van der Waals surface area contributed by atoms with Crippen LogP contribution in [0.25, 0.3) is 6.08 Å². The van der Waals surface area contributed by atoms with Crippen LogP contribution in [0.15, 0.2) is 41.0 Å². The largest absolute Gasteiger partial charge is 0.478 e. The van der Waals surface area contributed by atoms with Crippen molar-refractivity contribution in [3.8, 4) is 0 Å². The Labute approximate surface area is 127 Å². The normalized spacial score (nSPS) is 19.9. The summed E-state index contributed by atoms with van der Waals surface area (Å²) < 4.78 is 0. The molecule has 22 heavy (non-hydrogen) atoms. The van der Waals surface area contributed by atoms with Crippen molar-refractivity contribution in [3.05, 3.63) is 52.1 Å². The number of benzene rings is 1. The summed E-state index contributed by atoms with van der Waals surface area (Å²) in [6, 6.07) is 6.31. The number of carboxylic acids is 1. The first-order chi connectivity index (χ1) is 10.6. The molecule has 1 aliphatic heterocycles. The number of rotatable bonds is 2. The molecule has 1 aromatic carbocycles. The number of imide groups is 1. The number of hydrogen-bond donors (Lipinski definition) is 2. The van der Waals surface area contributed by atoms with E-state index in [0.29, 0.717) is 17.6 Å². The minimum Gasteiger partial charge on any atom is -0.478 e. The highest BCUT2D eigenvalue weighted by Crippen LogP contribution is 2.33. The number of hydrogen-bond acceptors (Lipinski definition) is 3. The van der Waals surface area contributed by atoms with Crippen LogP contribution < -0.4 is 5.32 Å². The molecule has 1 heterocycles. The van der Waals surface area contributed by atoms with Gasteiger partial charge in [0, 0.05) is 11.1 Å². The van der Waals surface area contributed by atoms with Crippen LogP contribution in [0.5, 0.6) is 0 Å². The Hall–Kier alpha value is -2.69. The summed E-state index contributed by atoms with van der Waals surface area (Å²) in [6.07, 6.45) is 5.07. The summed E-state index contributed by atoms with van der Waals surface area (Å²) in [5.41, 5.74) is 2.99. The third kappa shape index (κ3) is 2.57. The van der Waals surface area contributed by atoms with Gasteiger partial charge in [0.25, 0.3) is 11.8 Å². The molecule has 0 unspecified atom stereocenters. The van der Waals surface area contributed by atoms with E-state index in [9.17, 15) is 14.4 Å². The Bertz CT molecular complexity index is 726. The van der Waals surface area contributed by atoms with Crippen LogP contribution in [0.2, 0.25) is 0 Å². The molecule has 0 atom stereocenters. The second kappa shape index (κ2) is 5.60. The highest BCUT2D eigenvalue weighted by atomic mass is 16.4. The van der Waals surface area contributed by atoms with Crippen LogP contribution >= 0.6 is 0 Å². The lowest BCUT2D eigenvalue weighted by Gasteiger charge is -2.25. The minimum atomic E-state index is -0.988. The lowest BCUT2D eigenvalue weighted by Crippen LogP contribution is -2.39. The van der Waals surface area contributed by atoms with Gasteiger partial charge in [0.05, 0.1) is 5.56 Å². The second-order valence-electron chi connectivity index (χ2n) is 5.43. The molecule has 5 heteroatoms. The quantitative estimate of drug-likeness (QED) is 0.648. The number of carbonyl (C=O) groups is 3. The van der Waals surface area contributed by atoms with Crippen molar-refractivity contribution in [3.63, 3.8) is 0 Å². The first kappa shape index (κ1) is 14.3. The first-order valence-corrected chi connectivity index (χ1v) is 7.19. The fraction of sp³-hybridized carbons (Fsp3) is 0.235. The topological polar surface area (TPSA) is 83.5 Å². The number of amides is 2. The van der Waals surface area contributed by atoms with E-state index in [4.69, 9.17) is 5.11 Å². The molecule has 3 rings (SSSR count). The van der Waals surface area contributed by atoms with Crippen LogP contribution in [-0.4, -0.2) is 22.9 Å². The predicted molar refractivity (Wildman–Crippen MR) is 80.0 cm³/mol. The molecule has 0 bridgehead atoms. The van der Waals surface area contributed by atoms with Crippen LogP contribution in [0.4, 0.5) is 0 Å². The second-order valence-corrected chi connectivity index (χ2v) is 5.43. The monoisotopic (exact) mass is 297 g/mol. The van der Waals surface area contributed by atoms with Crippen molar-refractivity contribution >= 4 is 23.9 Å². The van der Waals surface area contributed by atoms with Gasteiger partial charge in [-0.15, -0.1) is 0 Å². The number of aromatic carboxylic acids is 1. The average Bonchev–Trinajstić information content (AvgIpc) is 2.52. The first-order valence-electron chi connectivity index (χ1n) is 7.19. The van der Waals surface area contributed by atoms with Gasteiger partial charge >= 0.3 is 5.97 Å². The van der Waals surface area contributed by atoms with E-state index in [2.05, 4.69) is 5.32 Å². The highest BCUT2D eigenvalue weighted by molar-refractivity contribution is 6.18. The zero-order valence-electron chi connectivity index (χ0n) is 11.9. The van der Waals surface area contributed by atoms with E-state index in [-0.39, 0.29) is 17.4 Å². The molecule has 1 aliphatic carbocycles. The molecule has 0 saturated heterocycles. The Kier molecular flexibility index (Phi) is 3.63. The smallest absolute Gasteiger partial charge is 0.335 e. The average molecular weight is 297 g/mol. The molecular formula is C17H15NO4. The maximum Gasteiger partial charge on any atom is 0.335 e. The van der Waals surface area contributed by atoms with Gasteiger partial charge in [-0.25, -0.2) is 4.79 Å². The van der Waals surface area contributed by atoms with Gasteiger partial charge in [-0.1, -0.05) is 12.1 Å². The summed E-state index contributed by atoms with van der Waals surface area (Å²) in [7, 11) is 0. The van der Waals surface area contributed by atoms with E-state index in [1.165, 1.54) is 12.1 Å². The van der Waals surface area contributed by atoms with Crippen molar-refractivity contribution in [2.45, 2.75) is 25.7 Å². The van der Waals surface area contributed by atoms with Crippen molar-refractivity contribution in [1.29, 1.82) is 0 Å². The van der Waals surface area contributed by atoms with Crippen LogP contribution in [0.3, 0.4) is 0 Å². The van der Waals surface area contributed by atoms with Crippen LogP contribution in [0.1, 0.15) is 41.6 Å². The van der Waals surface area contributed by atoms with E-state index in [0.717, 1.165) is 30.4 Å². The molecule has 0 spiro atoms. The van der Waals surface area contributed by atoms with Crippen molar-refractivity contribution < 1.29 is 19.5 Å². The molecule has 2 aliphatic rings. The van der Waals surface area contributed by atoms with Gasteiger partial charge in [0.2, 0.25) is 0 Å². The summed E-state index contributed by atoms with van der Waals surface area (Å²) in [5, 5.41) is 11.3. The number of carbonyl (C=O) groups excluding carboxylic acids is 2. The third-order valence-electron chi connectivity index (χ3n) is 4.01. The molecule has 5 nitrogen and oxygen atoms in total. The van der Waals surface area contributed by atoms with E-state index in [1.54, 1.807) is 18.2 Å². The van der Waals surface area contributed by atoms with Gasteiger partial charge in [-0.3, -0.25) is 14.9 Å². The highest BCUT2D eigenvalue weighted by Gasteiger charge is 2.30. The summed E-state index contributed by atoms with van der Waals surface area (Å²) in [5.74, 6) is -1.65. The Morgan fingerprint density at radius 1 is 1.00 bits per heavy atom. The fourth-order valence-electron chi connectivity index (χ4n) is 2.88. The molecule has 0 saturated carbocycles. The third-order valence-corrected chi connectivity index (χ3v) is 4.01. The maximum absolute atomic E-state index is 12.1. The lowest BCUT2D eigenvalue weighted by atomic mass is 9.83. The summed E-state index contributed by atoms with van der Waals surface area (Å²) >= 11 is 0. The molecule has 2 amide bonds. The van der Waals surface area contributed by atoms with Gasteiger partial charge in [-0.05, 0) is 55.0 Å². The Morgan fingerprint density at radius 2 is 1.64 bits per heavy atom. The molecule has 0 radical (unpaired) electrons. The molecule has 0 fully saturated rings. The zero-order chi connectivity index (χ0) is 15.7. The SMILES string of the molecule is O=C1NC(=O)C2=C(CCCC2)C1=Cc1ccc(C(=O)O)cc1. The Balaban J connectivity index is 2.01. The lowest BCUT2D eigenvalue weighted by molar-refractivity contribution is -0.127. The van der Waals surface area contributed by atoms with Crippen LogP contribution in [0, 0.1) is 0 Å². The Morgan fingerprint density at radius 3 is 2.27 bits per heavy atom. The standard InChI is InChI=1S/C17H15NO4/c19-15-13-4-2-1-3-12(13)14(16(20)18-15)9-10-5-7-11(8-6-10)17(21)22/h5-9H,1-4H2,(H,21,22)(H,18,19,20). The van der Waals surface area contributed by atoms with E-state index in [1.807, 2.05) is 0 Å². The van der Waals surface area contributed by atoms with Crippen LogP contribution in [-0.2, 0) is 9.59 Å². The maximum atomic E-state index is 12.1. The fourth-order valence-corrected chi connectivity index (χ4v) is 2.88. The molecule has 1 aromatic rings. The van der Waals surface area contributed by atoms with E-state index >= 15 is 0 Å². The molecule has 112 valence electrons. The van der Waals surface area contributed by atoms with Crippen molar-refractivity contribution in [2.24, 2.45) is 0 Å². The summed E-state index contributed by atoms with van der Waals surface area (Å²) in [4.78, 5) is 34.8. The van der Waals surface area contributed by atoms with Gasteiger partial charge in [0.15, 0.2) is 0 Å². The number of nitrogens with one attached hydrogen (secondary N) is 1. The van der Waals surface area contributed by atoms with Gasteiger partial charge in [-0.2, -0.15) is 0 Å². The van der Waals surface area contributed by atoms with Crippen molar-refractivity contribution in [2.75, 3.05) is 0 Å².